The number of hydrogen-bond acceptors (Lipinski definition) is 4. The number of carboxylic acid groups (broad SMARTS) is 1. The van der Waals surface area contributed by atoms with Gasteiger partial charge in [-0.15, -0.1) is 0 Å². The number of carboxylic acids is 1. The Balaban J connectivity index is 2.79. The maximum Gasteiger partial charge on any atom is 0.304 e. The van der Waals surface area contributed by atoms with Gasteiger partial charge in [-0.25, -0.2) is 8.42 Å². The molecule has 1 saturated heterocycles. The highest BCUT2D eigenvalue weighted by Crippen LogP contribution is 2.22. The van der Waals surface area contributed by atoms with Gasteiger partial charge in [0.25, 0.3) is 0 Å². The molecule has 0 radical (unpaired) electrons. The molecule has 0 aliphatic carbocycles. The highest BCUT2D eigenvalue weighted by Gasteiger charge is 2.35. The first kappa shape index (κ1) is 16.4. The molecule has 1 fully saturated rings. The zero-order valence-electron chi connectivity index (χ0n) is 11.8. The second-order valence-corrected chi connectivity index (χ2v) is 7.74. The minimum absolute atomic E-state index is 0.00606. The van der Waals surface area contributed by atoms with E-state index < -0.39 is 21.5 Å². The van der Waals surface area contributed by atoms with Gasteiger partial charge in [0.05, 0.1) is 18.3 Å². The Kier molecular flexibility index (Phi) is 5.34. The number of sulfonamides is 1. The molecule has 7 heteroatoms. The molecule has 112 valence electrons. The first-order valence-electron chi connectivity index (χ1n) is 6.47. The normalized spacial score (nSPS) is 20.9. The van der Waals surface area contributed by atoms with E-state index in [1.165, 1.54) is 4.31 Å². The van der Waals surface area contributed by atoms with Crippen LogP contribution in [-0.4, -0.2) is 54.3 Å². The Morgan fingerprint density at radius 3 is 2.47 bits per heavy atom. The minimum atomic E-state index is -3.51. The summed E-state index contributed by atoms with van der Waals surface area (Å²) < 4.78 is 31.4. The topological polar surface area (TPSA) is 83.9 Å². The zero-order chi connectivity index (χ0) is 14.7. The van der Waals surface area contributed by atoms with E-state index >= 15 is 0 Å². The highest BCUT2D eigenvalue weighted by atomic mass is 32.2. The lowest BCUT2D eigenvalue weighted by Crippen LogP contribution is -2.48. The van der Waals surface area contributed by atoms with Crippen LogP contribution in [0.3, 0.4) is 0 Å². The van der Waals surface area contributed by atoms with Gasteiger partial charge in [0.15, 0.2) is 0 Å². The number of carbonyl (C=O) groups is 1. The fraction of sp³-hybridized carbons (Fsp3) is 0.917. The predicted molar refractivity (Wildman–Crippen MR) is 71.5 cm³/mol. The molecule has 1 aliphatic heterocycles. The van der Waals surface area contributed by atoms with Crippen LogP contribution in [-0.2, 0) is 19.6 Å². The van der Waals surface area contributed by atoms with Crippen molar-refractivity contribution in [1.82, 2.24) is 4.31 Å². The third kappa shape index (κ3) is 5.08. The van der Waals surface area contributed by atoms with Crippen molar-refractivity contribution in [2.75, 3.05) is 18.9 Å². The molecule has 6 nitrogen and oxygen atoms in total. The van der Waals surface area contributed by atoms with E-state index in [1.54, 1.807) is 20.8 Å². The van der Waals surface area contributed by atoms with Crippen LogP contribution in [0.2, 0.25) is 0 Å². The summed E-state index contributed by atoms with van der Waals surface area (Å²) in [6, 6.07) is 0. The lowest BCUT2D eigenvalue weighted by atomic mass is 10.1. The van der Waals surface area contributed by atoms with Crippen LogP contribution in [0.5, 0.6) is 0 Å². The van der Waals surface area contributed by atoms with Crippen molar-refractivity contribution >= 4 is 16.0 Å². The fourth-order valence-electron chi connectivity index (χ4n) is 2.19. The smallest absolute Gasteiger partial charge is 0.304 e. The van der Waals surface area contributed by atoms with Crippen molar-refractivity contribution in [3.05, 3.63) is 0 Å². The Morgan fingerprint density at radius 1 is 1.42 bits per heavy atom. The number of hydrogen-bond donors (Lipinski definition) is 1. The van der Waals surface area contributed by atoms with E-state index in [0.29, 0.717) is 6.61 Å². The largest absolute Gasteiger partial charge is 0.481 e. The summed E-state index contributed by atoms with van der Waals surface area (Å²) in [5, 5.41) is 8.73. The second kappa shape index (κ2) is 6.19. The summed E-state index contributed by atoms with van der Waals surface area (Å²) in [7, 11) is -3.51. The zero-order valence-corrected chi connectivity index (χ0v) is 12.6. The molecule has 0 aromatic carbocycles. The SMILES string of the molecule is CC(C)(C)N(CCC(=O)O)S(=O)(=O)CC1CCCO1. The van der Waals surface area contributed by atoms with E-state index in [0.717, 1.165) is 12.8 Å². The second-order valence-electron chi connectivity index (χ2n) is 5.80. The molecule has 0 aromatic rings. The van der Waals surface area contributed by atoms with Crippen molar-refractivity contribution in [2.45, 2.75) is 51.7 Å². The average Bonchev–Trinajstić information content (AvgIpc) is 2.66. The lowest BCUT2D eigenvalue weighted by molar-refractivity contribution is -0.137. The van der Waals surface area contributed by atoms with Crippen LogP contribution >= 0.6 is 0 Å². The Morgan fingerprint density at radius 2 is 2.05 bits per heavy atom. The van der Waals surface area contributed by atoms with Gasteiger partial charge in [-0.3, -0.25) is 4.79 Å². The van der Waals surface area contributed by atoms with Gasteiger partial charge in [-0.05, 0) is 33.6 Å². The molecule has 19 heavy (non-hydrogen) atoms. The van der Waals surface area contributed by atoms with Gasteiger partial charge >= 0.3 is 5.97 Å². The molecule has 0 spiro atoms. The maximum absolute atomic E-state index is 12.4. The van der Waals surface area contributed by atoms with E-state index in [4.69, 9.17) is 9.84 Å². The Labute approximate surface area is 114 Å². The summed E-state index contributed by atoms with van der Waals surface area (Å²) in [6.45, 7) is 5.89. The molecule has 0 amide bonds. The molecule has 1 N–H and O–H groups in total. The third-order valence-corrected chi connectivity index (χ3v) is 5.23. The van der Waals surface area contributed by atoms with Crippen LogP contribution in [0.25, 0.3) is 0 Å². The average molecular weight is 293 g/mol. The van der Waals surface area contributed by atoms with Crippen molar-refractivity contribution in [1.29, 1.82) is 0 Å². The monoisotopic (exact) mass is 293 g/mol. The van der Waals surface area contributed by atoms with Crippen molar-refractivity contribution in [3.63, 3.8) is 0 Å². The molecule has 1 unspecified atom stereocenters. The van der Waals surface area contributed by atoms with Gasteiger partial charge in [0.2, 0.25) is 10.0 Å². The number of aliphatic carboxylic acids is 1. The van der Waals surface area contributed by atoms with Crippen LogP contribution in [0.1, 0.15) is 40.0 Å². The van der Waals surface area contributed by atoms with E-state index in [2.05, 4.69) is 0 Å². The van der Waals surface area contributed by atoms with Gasteiger partial charge in [-0.1, -0.05) is 0 Å². The maximum atomic E-state index is 12.4. The number of nitrogens with zero attached hydrogens (tertiary/aromatic N) is 1. The molecular formula is C12H23NO5S. The standard InChI is InChI=1S/C12H23NO5S/c1-12(2,3)13(7-6-11(14)15)19(16,17)9-10-5-4-8-18-10/h10H,4-9H2,1-3H3,(H,14,15). The first-order chi connectivity index (χ1) is 8.63. The van der Waals surface area contributed by atoms with Crippen LogP contribution in [0, 0.1) is 0 Å². The fourth-order valence-corrected chi connectivity index (χ4v) is 4.31. The summed E-state index contributed by atoms with van der Waals surface area (Å²) in [5.41, 5.74) is -0.632. The van der Waals surface area contributed by atoms with Gasteiger partial charge in [0.1, 0.15) is 0 Å². The first-order valence-corrected chi connectivity index (χ1v) is 8.08. The quantitative estimate of drug-likeness (QED) is 0.792. The summed E-state index contributed by atoms with van der Waals surface area (Å²) >= 11 is 0. The highest BCUT2D eigenvalue weighted by molar-refractivity contribution is 7.89. The summed E-state index contributed by atoms with van der Waals surface area (Å²) in [6.07, 6.45) is 1.17. The van der Waals surface area contributed by atoms with Crippen LogP contribution < -0.4 is 0 Å². The molecule has 1 heterocycles. The van der Waals surface area contributed by atoms with E-state index in [-0.39, 0.29) is 24.8 Å². The molecule has 0 saturated carbocycles. The van der Waals surface area contributed by atoms with Gasteiger partial charge in [0, 0.05) is 18.7 Å². The van der Waals surface area contributed by atoms with E-state index in [9.17, 15) is 13.2 Å². The van der Waals surface area contributed by atoms with E-state index in [1.807, 2.05) is 0 Å². The molecule has 0 bridgehead atoms. The van der Waals surface area contributed by atoms with Crippen LogP contribution in [0.4, 0.5) is 0 Å². The third-order valence-electron chi connectivity index (χ3n) is 3.03. The van der Waals surface area contributed by atoms with Crippen molar-refractivity contribution in [3.8, 4) is 0 Å². The number of ether oxygens (including phenoxy) is 1. The molecule has 0 aromatic heterocycles. The number of rotatable bonds is 6. The molecule has 1 aliphatic rings. The Hall–Kier alpha value is -0.660. The predicted octanol–water partition coefficient (Wildman–Crippen LogP) is 1.07. The van der Waals surface area contributed by atoms with Crippen molar-refractivity contribution < 1.29 is 23.1 Å². The molecular weight excluding hydrogens is 270 g/mol. The summed E-state index contributed by atoms with van der Waals surface area (Å²) in [5.74, 6) is -1.06. The summed E-state index contributed by atoms with van der Waals surface area (Å²) in [4.78, 5) is 10.7. The van der Waals surface area contributed by atoms with Crippen LogP contribution in [0.15, 0.2) is 0 Å². The molecule has 1 rings (SSSR count). The molecule has 1 atom stereocenters. The van der Waals surface area contributed by atoms with Gasteiger partial charge < -0.3 is 9.84 Å². The Bertz CT molecular complexity index is 406. The lowest BCUT2D eigenvalue weighted by Gasteiger charge is -2.34. The minimum Gasteiger partial charge on any atom is -0.481 e. The van der Waals surface area contributed by atoms with Gasteiger partial charge in [-0.2, -0.15) is 4.31 Å². The van der Waals surface area contributed by atoms with Crippen molar-refractivity contribution in [2.24, 2.45) is 0 Å².